The Morgan fingerprint density at radius 1 is 0.902 bits per heavy atom. The molecule has 3 rings (SSSR count). The third kappa shape index (κ3) is 7.88. The molecular weight excluding hydrogens is 538 g/mol. The number of hydrogen-bond acceptors (Lipinski definition) is 5. The van der Waals surface area contributed by atoms with Crippen LogP contribution in [0.15, 0.2) is 77.7 Å². The van der Waals surface area contributed by atoms with Crippen molar-refractivity contribution in [1.29, 1.82) is 0 Å². The van der Waals surface area contributed by atoms with Crippen LogP contribution < -0.4 is 14.4 Å². The van der Waals surface area contributed by atoms with Gasteiger partial charge in [0.1, 0.15) is 18.3 Å². The Morgan fingerprint density at radius 3 is 2.17 bits per heavy atom. The number of nitrogens with one attached hydrogen (secondary N) is 1. The number of amides is 2. The molecular formula is C32H41N3O5S. The van der Waals surface area contributed by atoms with Gasteiger partial charge in [0.25, 0.3) is 10.0 Å². The number of benzene rings is 3. The number of hydrogen-bond donors (Lipinski definition) is 1. The van der Waals surface area contributed by atoms with Crippen molar-refractivity contribution >= 4 is 27.5 Å². The summed E-state index contributed by atoms with van der Waals surface area (Å²) in [5.74, 6) is -0.475. The molecule has 0 bridgehead atoms. The molecule has 220 valence electrons. The quantitative estimate of drug-likeness (QED) is 0.299. The number of para-hydroxylation sites is 2. The first kappa shape index (κ1) is 31.7. The van der Waals surface area contributed by atoms with Crippen molar-refractivity contribution in [1.82, 2.24) is 10.2 Å². The molecule has 0 unspecified atom stereocenters. The monoisotopic (exact) mass is 579 g/mol. The van der Waals surface area contributed by atoms with Crippen LogP contribution in [0, 0.1) is 13.8 Å². The fraction of sp³-hybridized carbons (Fsp3) is 0.375. The highest BCUT2D eigenvalue weighted by Crippen LogP contribution is 2.33. The van der Waals surface area contributed by atoms with Crippen LogP contribution in [0.1, 0.15) is 50.8 Å². The van der Waals surface area contributed by atoms with E-state index < -0.39 is 28.5 Å². The van der Waals surface area contributed by atoms with Gasteiger partial charge in [-0.1, -0.05) is 61.0 Å². The van der Waals surface area contributed by atoms with Gasteiger partial charge in [-0.25, -0.2) is 8.42 Å². The number of rotatable bonds is 13. The molecule has 9 heteroatoms. The van der Waals surface area contributed by atoms with Gasteiger partial charge in [0.15, 0.2) is 0 Å². The lowest BCUT2D eigenvalue weighted by Gasteiger charge is -2.33. The minimum Gasteiger partial charge on any atom is -0.492 e. The highest BCUT2D eigenvalue weighted by molar-refractivity contribution is 7.92. The number of aryl methyl sites for hydroxylation is 2. The van der Waals surface area contributed by atoms with Crippen molar-refractivity contribution in [3.63, 3.8) is 0 Å². The summed E-state index contributed by atoms with van der Waals surface area (Å²) in [5, 5.41) is 2.95. The first-order valence-electron chi connectivity index (χ1n) is 13.9. The maximum Gasteiger partial charge on any atom is 0.264 e. The molecule has 41 heavy (non-hydrogen) atoms. The highest BCUT2D eigenvalue weighted by atomic mass is 32.2. The topological polar surface area (TPSA) is 96.0 Å². The van der Waals surface area contributed by atoms with Gasteiger partial charge in [-0.15, -0.1) is 0 Å². The fourth-order valence-electron chi connectivity index (χ4n) is 4.31. The standard InChI is InChI=1S/C32H41N3O5S/c1-7-25(5)33-32(37)26(6)34(21-27-14-10-9-13-24(27)4)31(36)22-35(29-15-11-12-16-30(29)40-8-2)41(38,39)28-19-17-23(3)18-20-28/h9-20,25-26H,7-8,21-22H2,1-6H3,(H,33,37)/t25-,26+/m1/s1. The molecule has 2 amide bonds. The normalized spacial score (nSPS) is 12.7. The molecule has 0 saturated heterocycles. The van der Waals surface area contributed by atoms with Gasteiger partial charge in [-0.05, 0) is 76.4 Å². The maximum absolute atomic E-state index is 14.1. The summed E-state index contributed by atoms with van der Waals surface area (Å²) in [6.07, 6.45) is 0.737. The van der Waals surface area contributed by atoms with Crippen LogP contribution in [0.25, 0.3) is 0 Å². The first-order chi connectivity index (χ1) is 19.5. The second-order valence-corrected chi connectivity index (χ2v) is 12.0. The Kier molecular flexibility index (Phi) is 10.9. The van der Waals surface area contributed by atoms with Crippen molar-refractivity contribution in [3.8, 4) is 5.75 Å². The summed E-state index contributed by atoms with van der Waals surface area (Å²) in [7, 11) is -4.18. The maximum atomic E-state index is 14.1. The van der Waals surface area contributed by atoms with E-state index in [-0.39, 0.29) is 29.1 Å². The Labute approximate surface area is 244 Å². The van der Waals surface area contributed by atoms with Crippen LogP contribution in [0.5, 0.6) is 5.75 Å². The molecule has 0 heterocycles. The second kappa shape index (κ2) is 14.2. The van der Waals surface area contributed by atoms with Crippen LogP contribution >= 0.6 is 0 Å². The third-order valence-corrected chi connectivity index (χ3v) is 8.87. The molecule has 3 aromatic carbocycles. The zero-order chi connectivity index (χ0) is 30.2. The van der Waals surface area contributed by atoms with Crippen molar-refractivity contribution in [2.75, 3.05) is 17.5 Å². The molecule has 0 spiro atoms. The largest absolute Gasteiger partial charge is 0.492 e. The lowest BCUT2D eigenvalue weighted by molar-refractivity contribution is -0.139. The lowest BCUT2D eigenvalue weighted by Crippen LogP contribution is -2.52. The Morgan fingerprint density at radius 2 is 1.54 bits per heavy atom. The number of nitrogens with zero attached hydrogens (tertiary/aromatic N) is 2. The lowest BCUT2D eigenvalue weighted by atomic mass is 10.1. The fourth-order valence-corrected chi connectivity index (χ4v) is 5.74. The number of anilines is 1. The molecule has 0 saturated carbocycles. The third-order valence-electron chi connectivity index (χ3n) is 7.09. The van der Waals surface area contributed by atoms with Crippen molar-refractivity contribution in [3.05, 3.63) is 89.5 Å². The summed E-state index contributed by atoms with van der Waals surface area (Å²) in [5.41, 5.74) is 2.99. The summed E-state index contributed by atoms with van der Waals surface area (Å²) >= 11 is 0. The summed E-state index contributed by atoms with van der Waals surface area (Å²) in [6, 6.07) is 19.9. The molecule has 0 aliphatic heterocycles. The van der Waals surface area contributed by atoms with Gasteiger partial charge in [0.05, 0.1) is 17.2 Å². The molecule has 3 aromatic rings. The molecule has 0 aliphatic carbocycles. The Hall–Kier alpha value is -3.85. The van der Waals surface area contributed by atoms with E-state index in [1.807, 2.05) is 58.9 Å². The highest BCUT2D eigenvalue weighted by Gasteiger charge is 2.34. The minimum absolute atomic E-state index is 0.0511. The van der Waals surface area contributed by atoms with Crippen LogP contribution in [0.2, 0.25) is 0 Å². The smallest absolute Gasteiger partial charge is 0.264 e. The number of carbonyl (C=O) groups excluding carboxylic acids is 2. The van der Waals surface area contributed by atoms with Crippen molar-refractivity contribution < 1.29 is 22.7 Å². The van der Waals surface area contributed by atoms with Gasteiger partial charge in [-0.3, -0.25) is 13.9 Å². The molecule has 0 aliphatic rings. The zero-order valence-corrected chi connectivity index (χ0v) is 25.6. The summed E-state index contributed by atoms with van der Waals surface area (Å²) in [6.45, 7) is 11.1. The van der Waals surface area contributed by atoms with Gasteiger partial charge < -0.3 is 15.0 Å². The predicted octanol–water partition coefficient (Wildman–Crippen LogP) is 5.23. The van der Waals surface area contributed by atoms with Crippen LogP contribution in [0.4, 0.5) is 5.69 Å². The number of sulfonamides is 1. The van der Waals surface area contributed by atoms with Gasteiger partial charge in [0, 0.05) is 12.6 Å². The molecule has 2 atom stereocenters. The predicted molar refractivity (Wildman–Crippen MR) is 162 cm³/mol. The van der Waals surface area contributed by atoms with E-state index in [2.05, 4.69) is 5.32 Å². The molecule has 8 nitrogen and oxygen atoms in total. The number of ether oxygens (including phenoxy) is 1. The van der Waals surface area contributed by atoms with Gasteiger partial charge in [-0.2, -0.15) is 0 Å². The SMILES string of the molecule is CCOc1ccccc1N(CC(=O)N(Cc1ccccc1C)[C@@H](C)C(=O)N[C@H](C)CC)S(=O)(=O)c1ccc(C)cc1. The molecule has 0 radical (unpaired) electrons. The van der Waals surface area contributed by atoms with E-state index in [0.29, 0.717) is 12.4 Å². The average molecular weight is 580 g/mol. The van der Waals surface area contributed by atoms with E-state index in [4.69, 9.17) is 4.74 Å². The van der Waals surface area contributed by atoms with Crippen LogP contribution in [-0.4, -0.2) is 50.4 Å². The summed E-state index contributed by atoms with van der Waals surface area (Å²) in [4.78, 5) is 28.9. The Balaban J connectivity index is 2.09. The van der Waals surface area contributed by atoms with E-state index in [9.17, 15) is 18.0 Å². The van der Waals surface area contributed by atoms with Gasteiger partial charge >= 0.3 is 0 Å². The second-order valence-electron chi connectivity index (χ2n) is 10.2. The molecule has 1 N–H and O–H groups in total. The van der Waals surface area contributed by atoms with Crippen molar-refractivity contribution in [2.45, 2.75) is 71.5 Å². The van der Waals surface area contributed by atoms with E-state index in [1.165, 1.54) is 17.0 Å². The minimum atomic E-state index is -4.18. The van der Waals surface area contributed by atoms with Crippen LogP contribution in [0.3, 0.4) is 0 Å². The van der Waals surface area contributed by atoms with E-state index in [1.54, 1.807) is 43.3 Å². The molecule has 0 fully saturated rings. The van der Waals surface area contributed by atoms with E-state index >= 15 is 0 Å². The molecule has 0 aromatic heterocycles. The summed E-state index contributed by atoms with van der Waals surface area (Å²) < 4.78 is 35.0. The van der Waals surface area contributed by atoms with Crippen molar-refractivity contribution in [2.24, 2.45) is 0 Å². The number of carbonyl (C=O) groups is 2. The average Bonchev–Trinajstić information content (AvgIpc) is 2.95. The van der Waals surface area contributed by atoms with Gasteiger partial charge in [0.2, 0.25) is 11.8 Å². The Bertz CT molecular complexity index is 1440. The first-order valence-corrected chi connectivity index (χ1v) is 15.4. The van der Waals surface area contributed by atoms with E-state index in [0.717, 1.165) is 27.4 Å². The zero-order valence-electron chi connectivity index (χ0n) is 24.8. The van der Waals surface area contributed by atoms with Crippen LogP contribution in [-0.2, 0) is 26.2 Å².